The summed E-state index contributed by atoms with van der Waals surface area (Å²) in [7, 11) is 1.57. The highest BCUT2D eigenvalue weighted by atomic mass is 32.1. The summed E-state index contributed by atoms with van der Waals surface area (Å²) >= 11 is 1.77. The van der Waals surface area contributed by atoms with Gasteiger partial charge in [0.1, 0.15) is 7.11 Å². The van der Waals surface area contributed by atoms with E-state index in [1.165, 1.54) is 9.75 Å². The Labute approximate surface area is 76.9 Å². The van der Waals surface area contributed by atoms with Crippen LogP contribution in [0.25, 0.3) is 0 Å². The van der Waals surface area contributed by atoms with Crippen LogP contribution in [0, 0.1) is 0 Å². The van der Waals surface area contributed by atoms with Crippen LogP contribution >= 0.6 is 11.3 Å². The van der Waals surface area contributed by atoms with E-state index in [4.69, 9.17) is 4.84 Å². The molecular formula is C9H13NOS. The van der Waals surface area contributed by atoms with E-state index in [1.807, 2.05) is 6.92 Å². The van der Waals surface area contributed by atoms with Crippen molar-refractivity contribution in [3.8, 4) is 0 Å². The van der Waals surface area contributed by atoms with E-state index in [1.54, 1.807) is 18.4 Å². The van der Waals surface area contributed by atoms with Crippen molar-refractivity contribution < 1.29 is 4.84 Å². The summed E-state index contributed by atoms with van der Waals surface area (Å²) in [5, 5.41) is 3.87. The largest absolute Gasteiger partial charge is 0.399 e. The van der Waals surface area contributed by atoms with Crippen LogP contribution in [0.1, 0.15) is 23.6 Å². The minimum absolute atomic E-state index is 0.946. The van der Waals surface area contributed by atoms with E-state index in [9.17, 15) is 0 Å². The summed E-state index contributed by atoms with van der Waals surface area (Å²) in [6.45, 7) is 4.10. The Kier molecular flexibility index (Phi) is 3.29. The number of oxime groups is 1. The van der Waals surface area contributed by atoms with Crippen LogP contribution in [0.15, 0.2) is 17.3 Å². The van der Waals surface area contributed by atoms with E-state index in [0.29, 0.717) is 0 Å². The fourth-order valence-electron chi connectivity index (χ4n) is 0.944. The highest BCUT2D eigenvalue weighted by molar-refractivity contribution is 7.14. The van der Waals surface area contributed by atoms with E-state index in [2.05, 4.69) is 24.2 Å². The number of rotatable bonds is 3. The normalized spacial score (nSPS) is 11.8. The molecule has 0 saturated carbocycles. The van der Waals surface area contributed by atoms with Crippen molar-refractivity contribution in [3.63, 3.8) is 0 Å². The molecule has 3 heteroatoms. The van der Waals surface area contributed by atoms with Gasteiger partial charge >= 0.3 is 0 Å². The smallest absolute Gasteiger partial charge is 0.106 e. The third-order valence-corrected chi connectivity index (χ3v) is 2.93. The standard InChI is InChI=1S/C9H13NOS/c1-4-8-5-6-9(12-8)7(2)10-11-3/h5-6H,4H2,1-3H3/b10-7+. The first kappa shape index (κ1) is 9.26. The van der Waals surface area contributed by atoms with Gasteiger partial charge in [-0.2, -0.15) is 0 Å². The summed E-state index contributed by atoms with van der Waals surface area (Å²) in [6, 6.07) is 4.22. The molecule has 1 aromatic heterocycles. The van der Waals surface area contributed by atoms with Gasteiger partial charge in [0.2, 0.25) is 0 Å². The zero-order valence-corrected chi connectivity index (χ0v) is 8.44. The van der Waals surface area contributed by atoms with E-state index in [-0.39, 0.29) is 0 Å². The first-order chi connectivity index (χ1) is 5.77. The number of hydrogen-bond donors (Lipinski definition) is 0. The summed E-state index contributed by atoms with van der Waals surface area (Å²) in [5.41, 5.74) is 0.946. The first-order valence-electron chi connectivity index (χ1n) is 3.94. The quantitative estimate of drug-likeness (QED) is 0.521. The Bertz CT molecular complexity index is 278. The second-order valence-electron chi connectivity index (χ2n) is 2.48. The molecule has 0 amide bonds. The van der Waals surface area contributed by atoms with Gasteiger partial charge in [-0.15, -0.1) is 11.3 Å². The number of hydrogen-bond acceptors (Lipinski definition) is 3. The van der Waals surface area contributed by atoms with E-state index >= 15 is 0 Å². The third-order valence-electron chi connectivity index (χ3n) is 1.59. The summed E-state index contributed by atoms with van der Waals surface area (Å²) in [5.74, 6) is 0. The maximum Gasteiger partial charge on any atom is 0.106 e. The lowest BCUT2D eigenvalue weighted by Gasteiger charge is -1.93. The molecule has 0 spiro atoms. The van der Waals surface area contributed by atoms with Crippen molar-refractivity contribution >= 4 is 17.0 Å². The Morgan fingerprint density at radius 1 is 1.58 bits per heavy atom. The topological polar surface area (TPSA) is 21.6 Å². The van der Waals surface area contributed by atoms with Gasteiger partial charge in [0.05, 0.1) is 10.6 Å². The van der Waals surface area contributed by atoms with Gasteiger partial charge in [-0.05, 0) is 25.5 Å². The van der Waals surface area contributed by atoms with Crippen molar-refractivity contribution in [2.75, 3.05) is 7.11 Å². The van der Waals surface area contributed by atoms with Crippen molar-refractivity contribution in [3.05, 3.63) is 21.9 Å². The molecule has 0 saturated heterocycles. The molecule has 0 aromatic carbocycles. The Balaban J connectivity index is 2.81. The maximum absolute atomic E-state index is 4.70. The molecule has 12 heavy (non-hydrogen) atoms. The van der Waals surface area contributed by atoms with Crippen LogP contribution in [0.4, 0.5) is 0 Å². The van der Waals surface area contributed by atoms with Crippen molar-refractivity contribution in [2.45, 2.75) is 20.3 Å². The minimum atomic E-state index is 0.946. The second kappa shape index (κ2) is 4.26. The van der Waals surface area contributed by atoms with Crippen LogP contribution in [0.2, 0.25) is 0 Å². The third kappa shape index (κ3) is 2.08. The molecule has 66 valence electrons. The summed E-state index contributed by atoms with van der Waals surface area (Å²) < 4.78 is 0. The molecule has 0 N–H and O–H groups in total. The summed E-state index contributed by atoms with van der Waals surface area (Å²) in [4.78, 5) is 7.27. The van der Waals surface area contributed by atoms with Gasteiger partial charge in [-0.25, -0.2) is 0 Å². The molecule has 1 rings (SSSR count). The lowest BCUT2D eigenvalue weighted by atomic mass is 10.3. The zero-order valence-electron chi connectivity index (χ0n) is 7.63. The molecule has 2 nitrogen and oxygen atoms in total. The fraction of sp³-hybridized carbons (Fsp3) is 0.444. The average Bonchev–Trinajstić information content (AvgIpc) is 2.52. The lowest BCUT2D eigenvalue weighted by molar-refractivity contribution is 0.213. The number of nitrogens with zero attached hydrogens (tertiary/aromatic N) is 1. The van der Waals surface area contributed by atoms with Crippen LogP contribution in [0.5, 0.6) is 0 Å². The van der Waals surface area contributed by atoms with Crippen LogP contribution in [0.3, 0.4) is 0 Å². The monoisotopic (exact) mass is 183 g/mol. The van der Waals surface area contributed by atoms with Crippen LogP contribution in [-0.2, 0) is 11.3 Å². The molecule has 0 radical (unpaired) electrons. The predicted octanol–water partition coefficient (Wildman–Crippen LogP) is 2.68. The molecule has 1 aromatic rings. The summed E-state index contributed by atoms with van der Waals surface area (Å²) in [6.07, 6.45) is 1.09. The molecule has 0 aliphatic carbocycles. The first-order valence-corrected chi connectivity index (χ1v) is 4.76. The van der Waals surface area contributed by atoms with Gasteiger partial charge in [-0.1, -0.05) is 12.1 Å². The maximum atomic E-state index is 4.70. The molecule has 0 atom stereocenters. The Morgan fingerprint density at radius 2 is 2.33 bits per heavy atom. The molecule has 0 bridgehead atoms. The van der Waals surface area contributed by atoms with Gasteiger partial charge in [0.25, 0.3) is 0 Å². The van der Waals surface area contributed by atoms with E-state index in [0.717, 1.165) is 12.1 Å². The Morgan fingerprint density at radius 3 is 2.83 bits per heavy atom. The van der Waals surface area contributed by atoms with Crippen molar-refractivity contribution in [2.24, 2.45) is 5.16 Å². The second-order valence-corrected chi connectivity index (χ2v) is 3.65. The molecule has 0 unspecified atom stereocenters. The van der Waals surface area contributed by atoms with Crippen molar-refractivity contribution in [1.82, 2.24) is 0 Å². The van der Waals surface area contributed by atoms with E-state index < -0.39 is 0 Å². The fourth-order valence-corrected chi connectivity index (χ4v) is 1.83. The molecule has 0 aliphatic rings. The highest BCUT2D eigenvalue weighted by Crippen LogP contribution is 2.17. The molecule has 0 aliphatic heterocycles. The minimum Gasteiger partial charge on any atom is -0.399 e. The predicted molar refractivity (Wildman–Crippen MR) is 52.9 cm³/mol. The highest BCUT2D eigenvalue weighted by Gasteiger charge is 2.01. The Hall–Kier alpha value is -0.830. The van der Waals surface area contributed by atoms with Gasteiger partial charge in [0, 0.05) is 4.88 Å². The van der Waals surface area contributed by atoms with Gasteiger partial charge in [0.15, 0.2) is 0 Å². The molecular weight excluding hydrogens is 170 g/mol. The molecule has 0 fully saturated rings. The number of aryl methyl sites for hydroxylation is 1. The lowest BCUT2D eigenvalue weighted by Crippen LogP contribution is -1.89. The van der Waals surface area contributed by atoms with Gasteiger partial charge < -0.3 is 4.84 Å². The van der Waals surface area contributed by atoms with Crippen LogP contribution in [-0.4, -0.2) is 12.8 Å². The molecule has 1 heterocycles. The van der Waals surface area contributed by atoms with Crippen molar-refractivity contribution in [1.29, 1.82) is 0 Å². The number of thiophene rings is 1. The van der Waals surface area contributed by atoms with Gasteiger partial charge in [-0.3, -0.25) is 0 Å². The van der Waals surface area contributed by atoms with Crippen LogP contribution < -0.4 is 0 Å². The SMILES string of the molecule is CCc1ccc(/C(C)=N/OC)s1. The average molecular weight is 183 g/mol. The zero-order chi connectivity index (χ0) is 8.97.